The molecule has 1 fully saturated rings. The maximum atomic E-state index is 12.2. The topological polar surface area (TPSA) is 67.9 Å². The summed E-state index contributed by atoms with van der Waals surface area (Å²) in [6.45, 7) is 4.91. The fraction of sp³-hybridized carbons (Fsp3) is 0.765. The van der Waals surface area contributed by atoms with Gasteiger partial charge in [0.25, 0.3) is 0 Å². The summed E-state index contributed by atoms with van der Waals surface area (Å²) in [5, 5.41) is 3.22. The highest BCUT2D eigenvalue weighted by molar-refractivity contribution is 5.69. The molecular formula is C17H28N2O4. The highest BCUT2D eigenvalue weighted by atomic mass is 16.6. The van der Waals surface area contributed by atoms with E-state index in [1.54, 1.807) is 4.90 Å². The van der Waals surface area contributed by atoms with E-state index in [2.05, 4.69) is 5.32 Å². The predicted octanol–water partition coefficient (Wildman–Crippen LogP) is 2.24. The Labute approximate surface area is 138 Å². The molecule has 1 N–H and O–H groups in total. The summed E-state index contributed by atoms with van der Waals surface area (Å²) in [6, 6.07) is 0. The smallest absolute Gasteiger partial charge is 0.410 e. The molecular weight excluding hydrogens is 296 g/mol. The molecule has 6 nitrogen and oxygen atoms in total. The molecule has 2 aliphatic rings. The molecule has 0 aromatic heterocycles. The van der Waals surface area contributed by atoms with Crippen molar-refractivity contribution in [3.63, 3.8) is 0 Å². The van der Waals surface area contributed by atoms with Crippen molar-refractivity contribution in [3.8, 4) is 0 Å². The number of rotatable bonds is 1. The van der Waals surface area contributed by atoms with Crippen LogP contribution in [-0.2, 0) is 14.3 Å². The predicted molar refractivity (Wildman–Crippen MR) is 87.1 cm³/mol. The van der Waals surface area contributed by atoms with Gasteiger partial charge < -0.3 is 19.7 Å². The van der Waals surface area contributed by atoms with E-state index in [0.717, 1.165) is 38.8 Å². The molecule has 2 unspecified atom stereocenters. The standard InChI is InChI=1S/C17H28N2O4/c1-14-6-5-8-15(7-3-2-4-9-16(20)22-14)23-17(21)19-12-10-18-11-13-19/h5,8,14-15,18H,2-4,6-7,9-13H2,1H3/b8-5-. The average molecular weight is 324 g/mol. The molecule has 1 saturated heterocycles. The van der Waals surface area contributed by atoms with Gasteiger partial charge in [0.15, 0.2) is 0 Å². The zero-order valence-electron chi connectivity index (χ0n) is 14.0. The van der Waals surface area contributed by atoms with E-state index in [9.17, 15) is 9.59 Å². The van der Waals surface area contributed by atoms with Gasteiger partial charge in [0.05, 0.1) is 0 Å². The molecule has 2 heterocycles. The first-order valence-corrected chi connectivity index (χ1v) is 8.67. The minimum atomic E-state index is -0.229. The van der Waals surface area contributed by atoms with Crippen molar-refractivity contribution in [2.75, 3.05) is 26.2 Å². The molecule has 2 aliphatic heterocycles. The monoisotopic (exact) mass is 324 g/mol. The van der Waals surface area contributed by atoms with Crippen LogP contribution >= 0.6 is 0 Å². The lowest BCUT2D eigenvalue weighted by molar-refractivity contribution is -0.148. The first-order chi connectivity index (χ1) is 11.1. The number of nitrogens with one attached hydrogen (secondary N) is 1. The number of hydrogen-bond donors (Lipinski definition) is 1. The number of piperazine rings is 1. The minimum Gasteiger partial charge on any atom is -0.462 e. The third-order valence-electron chi connectivity index (χ3n) is 4.15. The van der Waals surface area contributed by atoms with Gasteiger partial charge in [0, 0.05) is 39.0 Å². The van der Waals surface area contributed by atoms with Gasteiger partial charge in [0.1, 0.15) is 12.2 Å². The molecule has 0 radical (unpaired) electrons. The van der Waals surface area contributed by atoms with E-state index in [1.807, 2.05) is 19.1 Å². The number of amides is 1. The van der Waals surface area contributed by atoms with Crippen molar-refractivity contribution in [1.82, 2.24) is 10.2 Å². The Morgan fingerprint density at radius 1 is 1.30 bits per heavy atom. The SMILES string of the molecule is CC1C/C=C\C(OC(=O)N2CCNCC2)CCCCCC(=O)O1. The van der Waals surface area contributed by atoms with Crippen LogP contribution in [0.4, 0.5) is 4.79 Å². The Bertz CT molecular complexity index is 419. The maximum absolute atomic E-state index is 12.2. The lowest BCUT2D eigenvalue weighted by atomic mass is 10.1. The molecule has 0 aliphatic carbocycles. The fourth-order valence-electron chi connectivity index (χ4n) is 2.79. The Kier molecular flexibility index (Phi) is 7.39. The van der Waals surface area contributed by atoms with Crippen molar-refractivity contribution >= 4 is 12.1 Å². The largest absolute Gasteiger partial charge is 0.462 e. The molecule has 0 spiro atoms. The first kappa shape index (κ1) is 17.8. The van der Waals surface area contributed by atoms with Crippen molar-refractivity contribution in [3.05, 3.63) is 12.2 Å². The zero-order valence-corrected chi connectivity index (χ0v) is 14.0. The maximum Gasteiger partial charge on any atom is 0.410 e. The molecule has 6 heteroatoms. The summed E-state index contributed by atoms with van der Waals surface area (Å²) >= 11 is 0. The molecule has 2 rings (SSSR count). The van der Waals surface area contributed by atoms with Crippen molar-refractivity contribution in [1.29, 1.82) is 0 Å². The van der Waals surface area contributed by atoms with E-state index in [1.165, 1.54) is 0 Å². The number of carbonyl (C=O) groups excluding carboxylic acids is 2. The van der Waals surface area contributed by atoms with Gasteiger partial charge in [-0.1, -0.05) is 12.5 Å². The normalized spacial score (nSPS) is 28.9. The van der Waals surface area contributed by atoms with Gasteiger partial charge in [-0.25, -0.2) is 4.79 Å². The molecule has 23 heavy (non-hydrogen) atoms. The molecule has 2 atom stereocenters. The van der Waals surface area contributed by atoms with E-state index in [4.69, 9.17) is 9.47 Å². The third-order valence-corrected chi connectivity index (χ3v) is 4.15. The second kappa shape index (κ2) is 9.55. The fourth-order valence-corrected chi connectivity index (χ4v) is 2.79. The van der Waals surface area contributed by atoms with Gasteiger partial charge in [0.2, 0.25) is 0 Å². The quantitative estimate of drug-likeness (QED) is 0.592. The van der Waals surface area contributed by atoms with Crippen LogP contribution in [0, 0.1) is 0 Å². The second-order valence-corrected chi connectivity index (χ2v) is 6.22. The van der Waals surface area contributed by atoms with Crippen LogP contribution in [-0.4, -0.2) is 55.3 Å². The van der Waals surface area contributed by atoms with Crippen LogP contribution in [0.15, 0.2) is 12.2 Å². The molecule has 0 bridgehead atoms. The van der Waals surface area contributed by atoms with Gasteiger partial charge in [-0.2, -0.15) is 0 Å². The van der Waals surface area contributed by atoms with Gasteiger partial charge in [-0.15, -0.1) is 0 Å². The lowest BCUT2D eigenvalue weighted by Gasteiger charge is -2.28. The molecule has 130 valence electrons. The summed E-state index contributed by atoms with van der Waals surface area (Å²) in [5.41, 5.74) is 0. The average Bonchev–Trinajstić information content (AvgIpc) is 2.53. The van der Waals surface area contributed by atoms with E-state index in [-0.39, 0.29) is 24.3 Å². The zero-order chi connectivity index (χ0) is 16.5. The summed E-state index contributed by atoms with van der Waals surface area (Å²) in [5.74, 6) is -0.117. The van der Waals surface area contributed by atoms with Crippen LogP contribution in [0.3, 0.4) is 0 Å². The first-order valence-electron chi connectivity index (χ1n) is 8.67. The summed E-state index contributed by atoms with van der Waals surface area (Å²) < 4.78 is 11.0. The molecule has 0 aromatic carbocycles. The van der Waals surface area contributed by atoms with Crippen LogP contribution in [0.5, 0.6) is 0 Å². The Balaban J connectivity index is 1.88. The summed E-state index contributed by atoms with van der Waals surface area (Å²) in [4.78, 5) is 25.5. The van der Waals surface area contributed by atoms with Crippen molar-refractivity contribution < 1.29 is 19.1 Å². The van der Waals surface area contributed by atoms with Crippen LogP contribution in [0.2, 0.25) is 0 Å². The molecule has 0 aromatic rings. The highest BCUT2D eigenvalue weighted by Crippen LogP contribution is 2.14. The van der Waals surface area contributed by atoms with E-state index < -0.39 is 0 Å². The Hall–Kier alpha value is -1.56. The number of esters is 1. The summed E-state index contributed by atoms with van der Waals surface area (Å²) in [6.07, 6.45) is 7.96. The van der Waals surface area contributed by atoms with Gasteiger partial charge >= 0.3 is 12.1 Å². The Morgan fingerprint density at radius 3 is 2.87 bits per heavy atom. The Morgan fingerprint density at radius 2 is 2.09 bits per heavy atom. The number of hydrogen-bond acceptors (Lipinski definition) is 5. The molecule has 1 amide bonds. The van der Waals surface area contributed by atoms with E-state index >= 15 is 0 Å². The minimum absolute atomic E-state index is 0.117. The molecule has 0 saturated carbocycles. The van der Waals surface area contributed by atoms with Gasteiger partial charge in [-0.3, -0.25) is 4.79 Å². The van der Waals surface area contributed by atoms with Crippen molar-refractivity contribution in [2.24, 2.45) is 0 Å². The van der Waals surface area contributed by atoms with Crippen LogP contribution in [0.25, 0.3) is 0 Å². The number of carbonyl (C=O) groups is 2. The third kappa shape index (κ3) is 6.60. The van der Waals surface area contributed by atoms with E-state index in [0.29, 0.717) is 25.9 Å². The van der Waals surface area contributed by atoms with Crippen LogP contribution < -0.4 is 5.32 Å². The number of cyclic esters (lactones) is 1. The highest BCUT2D eigenvalue weighted by Gasteiger charge is 2.20. The second-order valence-electron chi connectivity index (χ2n) is 6.22. The van der Waals surface area contributed by atoms with Crippen molar-refractivity contribution in [2.45, 2.75) is 57.7 Å². The van der Waals surface area contributed by atoms with Gasteiger partial charge in [-0.05, 0) is 32.3 Å². The lowest BCUT2D eigenvalue weighted by Crippen LogP contribution is -2.47. The van der Waals surface area contributed by atoms with Crippen LogP contribution in [0.1, 0.15) is 45.4 Å². The summed E-state index contributed by atoms with van der Waals surface area (Å²) in [7, 11) is 0. The number of ether oxygens (including phenoxy) is 2. The number of nitrogens with zero attached hydrogens (tertiary/aromatic N) is 1.